The number of aromatic nitrogens is 3. The van der Waals surface area contributed by atoms with Crippen molar-refractivity contribution in [2.24, 2.45) is 0 Å². The predicted octanol–water partition coefficient (Wildman–Crippen LogP) is 2.89. The van der Waals surface area contributed by atoms with Crippen LogP contribution in [0, 0.1) is 5.82 Å². The first-order valence-electron chi connectivity index (χ1n) is 11.4. The second-order valence-corrected chi connectivity index (χ2v) is 8.81. The molecule has 0 atom stereocenters. The van der Waals surface area contributed by atoms with E-state index in [9.17, 15) is 9.50 Å². The average molecular weight is 471 g/mol. The number of nitrogens with zero attached hydrogens (tertiary/aromatic N) is 6. The Morgan fingerprint density at radius 2 is 1.82 bits per heavy atom. The van der Waals surface area contributed by atoms with Crippen molar-refractivity contribution in [3.63, 3.8) is 0 Å². The van der Waals surface area contributed by atoms with Crippen molar-refractivity contribution in [2.45, 2.75) is 18.5 Å². The number of likely N-dealkylation sites (N-methyl/N-ethyl adjacent to an activating group) is 1. The summed E-state index contributed by atoms with van der Waals surface area (Å²) in [5, 5.41) is 9.84. The Morgan fingerprint density at radius 3 is 2.47 bits per heavy atom. The van der Waals surface area contributed by atoms with Crippen LogP contribution in [0.1, 0.15) is 18.7 Å². The van der Waals surface area contributed by atoms with E-state index in [1.54, 1.807) is 25.3 Å². The van der Waals surface area contributed by atoms with Gasteiger partial charge in [0.05, 0.1) is 13.7 Å². The summed E-state index contributed by atoms with van der Waals surface area (Å²) in [5.74, 6) is 1.55. The van der Waals surface area contributed by atoms with Gasteiger partial charge in [0, 0.05) is 57.0 Å². The molecule has 180 valence electrons. The molecule has 1 saturated carbocycles. The van der Waals surface area contributed by atoms with Gasteiger partial charge in [-0.2, -0.15) is 0 Å². The Kier molecular flexibility index (Phi) is 5.85. The molecule has 1 N–H and O–H groups in total. The Bertz CT molecular complexity index is 1200. The number of fused-ring (bicyclic) bond motifs is 1. The van der Waals surface area contributed by atoms with Crippen molar-refractivity contribution in [1.82, 2.24) is 15.0 Å². The largest absolute Gasteiger partial charge is 0.493 e. The van der Waals surface area contributed by atoms with Crippen LogP contribution in [0.15, 0.2) is 30.5 Å². The number of hydrogen-bond donors (Lipinski definition) is 1. The van der Waals surface area contributed by atoms with Crippen LogP contribution in [-0.4, -0.2) is 73.5 Å². The molecule has 1 aromatic carbocycles. The van der Waals surface area contributed by atoms with E-state index in [0.29, 0.717) is 68.2 Å². The molecule has 1 aliphatic carbocycles. The lowest BCUT2D eigenvalue weighted by Gasteiger charge is -2.37. The van der Waals surface area contributed by atoms with Gasteiger partial charge >= 0.3 is 0 Å². The topological polar surface area (TPSA) is 77.9 Å². The number of aliphatic hydroxyl groups is 1. The minimum Gasteiger partial charge on any atom is -0.493 e. The highest BCUT2D eigenvalue weighted by Gasteiger charge is 2.48. The van der Waals surface area contributed by atoms with E-state index in [2.05, 4.69) is 24.8 Å². The molecule has 0 unspecified atom stereocenters. The molecule has 2 aliphatic rings. The SMILES string of the molecule is COc1cccnc1N1CCN(c2nc(C3(F)CC3)nc3c(F)cc(N(C)CCO)cc23)CC1. The van der Waals surface area contributed by atoms with Crippen molar-refractivity contribution in [1.29, 1.82) is 0 Å². The zero-order valence-electron chi connectivity index (χ0n) is 19.3. The first-order chi connectivity index (χ1) is 16.4. The van der Waals surface area contributed by atoms with Gasteiger partial charge in [0.2, 0.25) is 0 Å². The van der Waals surface area contributed by atoms with Gasteiger partial charge in [-0.25, -0.2) is 23.7 Å². The molecule has 5 rings (SSSR count). The summed E-state index contributed by atoms with van der Waals surface area (Å²) >= 11 is 0. The summed E-state index contributed by atoms with van der Waals surface area (Å²) in [5.41, 5.74) is -0.848. The lowest BCUT2D eigenvalue weighted by Crippen LogP contribution is -2.47. The van der Waals surface area contributed by atoms with Crippen LogP contribution in [0.3, 0.4) is 0 Å². The van der Waals surface area contributed by atoms with E-state index in [-0.39, 0.29) is 17.9 Å². The first-order valence-corrected chi connectivity index (χ1v) is 11.4. The second-order valence-electron chi connectivity index (χ2n) is 8.81. The average Bonchev–Trinajstić information content (AvgIpc) is 3.62. The zero-order chi connectivity index (χ0) is 23.9. The smallest absolute Gasteiger partial charge is 0.171 e. The van der Waals surface area contributed by atoms with Crippen molar-refractivity contribution in [2.75, 3.05) is 68.2 Å². The fourth-order valence-corrected chi connectivity index (χ4v) is 4.34. The quantitative estimate of drug-likeness (QED) is 0.565. The summed E-state index contributed by atoms with van der Waals surface area (Å²) < 4.78 is 35.6. The standard InChI is InChI=1S/C24H28F2N6O2/c1-30(12-13-33)16-14-17-20(18(25)15-16)28-23(24(26)5-6-24)29-21(17)31-8-10-32(11-9-31)22-19(34-2)4-3-7-27-22/h3-4,7,14-15,33H,5-6,8-13H2,1-2H3. The molecule has 8 nitrogen and oxygen atoms in total. The Labute approximate surface area is 196 Å². The van der Waals surface area contributed by atoms with Gasteiger partial charge in [-0.05, 0) is 37.1 Å². The molecule has 10 heteroatoms. The molecule has 0 bridgehead atoms. The summed E-state index contributed by atoms with van der Waals surface area (Å²) in [6, 6.07) is 6.90. The lowest BCUT2D eigenvalue weighted by atomic mass is 10.1. The number of rotatable bonds is 7. The summed E-state index contributed by atoms with van der Waals surface area (Å²) in [6.45, 7) is 2.81. The molecule has 0 amide bonds. The third kappa shape index (κ3) is 4.06. The molecular formula is C24H28F2N6O2. The van der Waals surface area contributed by atoms with Crippen LogP contribution >= 0.6 is 0 Å². The van der Waals surface area contributed by atoms with Crippen LogP contribution < -0.4 is 19.4 Å². The fraction of sp³-hybridized carbons (Fsp3) is 0.458. The van der Waals surface area contributed by atoms with E-state index in [1.165, 1.54) is 6.07 Å². The molecule has 2 aromatic heterocycles. The number of anilines is 3. The molecule has 0 spiro atoms. The van der Waals surface area contributed by atoms with E-state index in [4.69, 9.17) is 4.74 Å². The molecular weight excluding hydrogens is 442 g/mol. The lowest BCUT2D eigenvalue weighted by molar-refractivity contribution is 0.301. The third-order valence-electron chi connectivity index (χ3n) is 6.53. The highest BCUT2D eigenvalue weighted by Crippen LogP contribution is 2.49. The maximum Gasteiger partial charge on any atom is 0.171 e. The number of piperazine rings is 1. The molecule has 2 fully saturated rings. The van der Waals surface area contributed by atoms with Gasteiger partial charge in [-0.1, -0.05) is 0 Å². The zero-order valence-corrected chi connectivity index (χ0v) is 19.3. The van der Waals surface area contributed by atoms with Crippen molar-refractivity contribution in [3.05, 3.63) is 42.1 Å². The minimum absolute atomic E-state index is 0.0538. The number of alkyl halides is 1. The fourth-order valence-electron chi connectivity index (χ4n) is 4.34. The minimum atomic E-state index is -1.58. The molecule has 0 radical (unpaired) electrons. The molecule has 3 heterocycles. The van der Waals surface area contributed by atoms with Crippen LogP contribution in [0.2, 0.25) is 0 Å². The summed E-state index contributed by atoms with van der Waals surface area (Å²) in [7, 11) is 3.40. The first kappa shape index (κ1) is 22.5. The Hall–Kier alpha value is -3.27. The number of aliphatic hydroxyl groups excluding tert-OH is 1. The second kappa shape index (κ2) is 8.83. The van der Waals surface area contributed by atoms with Gasteiger partial charge in [-0.3, -0.25) is 0 Å². The van der Waals surface area contributed by atoms with Gasteiger partial charge in [0.15, 0.2) is 28.9 Å². The van der Waals surface area contributed by atoms with Gasteiger partial charge in [0.25, 0.3) is 0 Å². The monoisotopic (exact) mass is 470 g/mol. The van der Waals surface area contributed by atoms with Gasteiger partial charge < -0.3 is 24.5 Å². The number of benzene rings is 1. The molecule has 34 heavy (non-hydrogen) atoms. The normalized spacial score (nSPS) is 17.2. The Morgan fingerprint density at radius 1 is 1.12 bits per heavy atom. The van der Waals surface area contributed by atoms with E-state index >= 15 is 4.39 Å². The van der Waals surface area contributed by atoms with Gasteiger partial charge in [0.1, 0.15) is 11.3 Å². The predicted molar refractivity (Wildman–Crippen MR) is 127 cm³/mol. The maximum atomic E-state index is 15.2. The van der Waals surface area contributed by atoms with E-state index in [1.807, 2.05) is 18.2 Å². The van der Waals surface area contributed by atoms with Crippen LogP contribution in [0.4, 0.5) is 26.1 Å². The maximum absolute atomic E-state index is 15.2. The van der Waals surface area contributed by atoms with Crippen LogP contribution in [0.5, 0.6) is 5.75 Å². The van der Waals surface area contributed by atoms with Crippen molar-refractivity contribution < 1.29 is 18.6 Å². The third-order valence-corrected chi connectivity index (χ3v) is 6.53. The molecule has 3 aromatic rings. The molecule has 1 aliphatic heterocycles. The molecule has 1 saturated heterocycles. The van der Waals surface area contributed by atoms with E-state index < -0.39 is 11.5 Å². The highest BCUT2D eigenvalue weighted by molar-refractivity contribution is 5.93. The van der Waals surface area contributed by atoms with Crippen LogP contribution in [-0.2, 0) is 5.67 Å². The number of hydrogen-bond acceptors (Lipinski definition) is 8. The Balaban J connectivity index is 1.51. The van der Waals surface area contributed by atoms with Crippen molar-refractivity contribution >= 4 is 28.2 Å². The van der Waals surface area contributed by atoms with Crippen molar-refractivity contribution in [3.8, 4) is 5.75 Å². The number of methoxy groups -OCH3 is 1. The summed E-state index contributed by atoms with van der Waals surface area (Å²) in [6.07, 6.45) is 2.44. The number of pyridine rings is 1. The van der Waals surface area contributed by atoms with Crippen LogP contribution in [0.25, 0.3) is 10.9 Å². The van der Waals surface area contributed by atoms with E-state index in [0.717, 1.165) is 5.82 Å². The highest BCUT2D eigenvalue weighted by atomic mass is 19.1. The van der Waals surface area contributed by atoms with Gasteiger partial charge in [-0.15, -0.1) is 0 Å². The summed E-state index contributed by atoms with van der Waals surface area (Å²) in [4.78, 5) is 19.4. The number of ether oxygens (including phenoxy) is 1. The number of halogens is 2.